The monoisotopic (exact) mass is 578 g/mol. The van der Waals surface area contributed by atoms with Crippen LogP contribution in [0.3, 0.4) is 0 Å². The number of aliphatic carboxylic acids is 2. The van der Waals surface area contributed by atoms with Crippen LogP contribution in [0.25, 0.3) is 0 Å². The molecule has 2 aliphatic rings. The van der Waals surface area contributed by atoms with E-state index < -0.39 is 53.6 Å². The van der Waals surface area contributed by atoms with Gasteiger partial charge in [0.05, 0.1) is 31.1 Å². The number of rotatable bonds is 9. The van der Waals surface area contributed by atoms with Gasteiger partial charge in [-0.15, -0.1) is 0 Å². The third kappa shape index (κ3) is 4.79. The van der Waals surface area contributed by atoms with Gasteiger partial charge in [0.2, 0.25) is 11.8 Å². The molecule has 41 heavy (non-hydrogen) atoms. The Labute approximate surface area is 240 Å². The van der Waals surface area contributed by atoms with Gasteiger partial charge in [-0.2, -0.15) is 0 Å². The second kappa shape index (κ2) is 10.9. The molecule has 5 rings (SSSR count). The van der Waals surface area contributed by atoms with E-state index in [2.05, 4.69) is 5.32 Å². The van der Waals surface area contributed by atoms with E-state index >= 15 is 0 Å². The molecule has 0 bridgehead atoms. The number of fused-ring (bicyclic) bond motifs is 1. The Kier molecular flexibility index (Phi) is 7.46. The normalized spacial score (nSPS) is 23.4. The van der Waals surface area contributed by atoms with Crippen molar-refractivity contribution >= 4 is 41.0 Å². The first-order valence-electron chi connectivity index (χ1n) is 12.8. The summed E-state index contributed by atoms with van der Waals surface area (Å²) < 4.78 is 11.7. The number of hydrogen-bond acceptors (Lipinski definition) is 7. The van der Waals surface area contributed by atoms with Crippen LogP contribution in [0.5, 0.6) is 11.5 Å². The average molecular weight is 579 g/mol. The highest BCUT2D eigenvalue weighted by molar-refractivity contribution is 6.32. The lowest BCUT2D eigenvalue weighted by molar-refractivity contribution is -0.154. The molecule has 0 aromatic heterocycles. The van der Waals surface area contributed by atoms with Gasteiger partial charge in [0.15, 0.2) is 11.5 Å². The number of carbonyl (C=O) groups excluding carboxylic acids is 2. The molecule has 0 radical (unpaired) electrons. The van der Waals surface area contributed by atoms with Crippen molar-refractivity contribution in [1.82, 2.24) is 5.32 Å². The van der Waals surface area contributed by atoms with Crippen LogP contribution in [0.4, 0.5) is 5.69 Å². The van der Waals surface area contributed by atoms with E-state index in [0.29, 0.717) is 16.3 Å². The van der Waals surface area contributed by atoms with Crippen LogP contribution in [0.1, 0.15) is 29.2 Å². The van der Waals surface area contributed by atoms with Crippen molar-refractivity contribution in [2.75, 3.05) is 12.0 Å². The molecule has 4 unspecified atom stereocenters. The van der Waals surface area contributed by atoms with Gasteiger partial charge < -0.3 is 19.7 Å². The fourth-order valence-corrected chi connectivity index (χ4v) is 5.92. The number of nitrogens with zero attached hydrogens (tertiary/aromatic N) is 1. The molecule has 3 aromatic rings. The highest BCUT2D eigenvalue weighted by Crippen LogP contribution is 2.53. The van der Waals surface area contributed by atoms with E-state index in [1.54, 1.807) is 37.3 Å². The number of aryl methyl sites for hydroxylation is 1. The molecule has 3 N–H and O–H groups in total. The summed E-state index contributed by atoms with van der Waals surface area (Å²) in [5.74, 6) is -6.73. The average Bonchev–Trinajstić information content (AvgIpc) is 3.42. The Balaban J connectivity index is 1.65. The molecule has 2 aliphatic heterocycles. The molecule has 2 fully saturated rings. The summed E-state index contributed by atoms with van der Waals surface area (Å²) in [6, 6.07) is 17.8. The predicted molar refractivity (Wildman–Crippen MR) is 148 cm³/mol. The van der Waals surface area contributed by atoms with Crippen molar-refractivity contribution in [3.63, 3.8) is 0 Å². The maximum absolute atomic E-state index is 14.0. The van der Waals surface area contributed by atoms with Crippen LogP contribution in [-0.4, -0.2) is 46.6 Å². The molecule has 0 aliphatic carbocycles. The van der Waals surface area contributed by atoms with E-state index in [4.69, 9.17) is 21.1 Å². The summed E-state index contributed by atoms with van der Waals surface area (Å²) in [6.07, 6.45) is -0.939. The van der Waals surface area contributed by atoms with Gasteiger partial charge in [0.1, 0.15) is 12.1 Å². The lowest BCUT2D eigenvalue weighted by atomic mass is 9.77. The zero-order valence-electron chi connectivity index (χ0n) is 22.2. The number of hydrogen-bond donors (Lipinski definition) is 3. The van der Waals surface area contributed by atoms with E-state index in [-0.39, 0.29) is 18.0 Å². The summed E-state index contributed by atoms with van der Waals surface area (Å²) in [7, 11) is 1.44. The molecule has 10 nitrogen and oxygen atoms in total. The predicted octanol–water partition coefficient (Wildman–Crippen LogP) is 3.98. The fourth-order valence-electron chi connectivity index (χ4n) is 5.74. The molecule has 4 atom stereocenters. The summed E-state index contributed by atoms with van der Waals surface area (Å²) in [5, 5.41) is 23.3. The van der Waals surface area contributed by atoms with Crippen LogP contribution in [-0.2, 0) is 25.8 Å². The van der Waals surface area contributed by atoms with Crippen LogP contribution in [0.2, 0.25) is 5.02 Å². The van der Waals surface area contributed by atoms with Gasteiger partial charge >= 0.3 is 11.9 Å². The van der Waals surface area contributed by atoms with Crippen molar-refractivity contribution < 1.29 is 38.9 Å². The number of benzene rings is 3. The van der Waals surface area contributed by atoms with Gasteiger partial charge in [0, 0.05) is 16.6 Å². The summed E-state index contributed by atoms with van der Waals surface area (Å²) in [6.45, 7) is 1.89. The summed E-state index contributed by atoms with van der Waals surface area (Å²) in [5.41, 5.74) is -0.187. The SMILES string of the molecule is COc1cccc(C2NC(CC(=O)O)(C(=O)O)C3C(=O)N(c4ccc(C)c(Cl)c4)C(=O)C23)c1OCc1ccccc1. The number of halogens is 1. The number of imide groups is 1. The zero-order valence-corrected chi connectivity index (χ0v) is 22.9. The molecule has 2 heterocycles. The molecule has 11 heteroatoms. The number of nitrogens with one attached hydrogen (secondary N) is 1. The lowest BCUT2D eigenvalue weighted by Gasteiger charge is -2.30. The van der Waals surface area contributed by atoms with Gasteiger partial charge in [-0.1, -0.05) is 60.1 Å². The quantitative estimate of drug-likeness (QED) is 0.321. The van der Waals surface area contributed by atoms with Crippen molar-refractivity contribution in [2.24, 2.45) is 11.8 Å². The van der Waals surface area contributed by atoms with E-state index in [1.165, 1.54) is 13.2 Å². The number of para-hydroxylation sites is 1. The van der Waals surface area contributed by atoms with Crippen LogP contribution >= 0.6 is 11.6 Å². The Hall–Kier alpha value is -4.41. The van der Waals surface area contributed by atoms with E-state index in [1.807, 2.05) is 30.3 Å². The van der Waals surface area contributed by atoms with Gasteiger partial charge in [-0.25, -0.2) is 4.90 Å². The van der Waals surface area contributed by atoms with Gasteiger partial charge in [0.25, 0.3) is 0 Å². The molecule has 0 spiro atoms. The molecule has 3 aromatic carbocycles. The minimum absolute atomic E-state index is 0.134. The van der Waals surface area contributed by atoms with Crippen LogP contribution in [0.15, 0.2) is 66.7 Å². The van der Waals surface area contributed by atoms with Crippen molar-refractivity contribution in [3.8, 4) is 11.5 Å². The number of anilines is 1. The number of carboxylic acid groups (broad SMARTS) is 2. The summed E-state index contributed by atoms with van der Waals surface area (Å²) >= 11 is 6.28. The lowest BCUT2D eigenvalue weighted by Crippen LogP contribution is -2.57. The van der Waals surface area contributed by atoms with E-state index in [9.17, 15) is 29.4 Å². The molecule has 2 amide bonds. The Morgan fingerprint density at radius 2 is 1.76 bits per heavy atom. The molecule has 0 saturated carbocycles. The first-order valence-corrected chi connectivity index (χ1v) is 13.2. The maximum Gasteiger partial charge on any atom is 0.325 e. The van der Waals surface area contributed by atoms with Gasteiger partial charge in [-0.05, 0) is 36.2 Å². The minimum Gasteiger partial charge on any atom is -0.493 e. The van der Waals surface area contributed by atoms with Crippen LogP contribution < -0.4 is 19.7 Å². The Morgan fingerprint density at radius 1 is 1.02 bits per heavy atom. The number of carboxylic acids is 2. The smallest absolute Gasteiger partial charge is 0.325 e. The number of amides is 2. The van der Waals surface area contributed by atoms with E-state index in [0.717, 1.165) is 16.0 Å². The third-order valence-electron chi connectivity index (χ3n) is 7.67. The molecular weight excluding hydrogens is 552 g/mol. The van der Waals surface area contributed by atoms with Gasteiger partial charge in [-0.3, -0.25) is 24.5 Å². The molecule has 212 valence electrons. The number of methoxy groups -OCH3 is 1. The van der Waals surface area contributed by atoms with Crippen molar-refractivity contribution in [2.45, 2.75) is 31.5 Å². The summed E-state index contributed by atoms with van der Waals surface area (Å²) in [4.78, 5) is 53.6. The zero-order chi connectivity index (χ0) is 29.5. The maximum atomic E-state index is 14.0. The largest absolute Gasteiger partial charge is 0.493 e. The van der Waals surface area contributed by atoms with Crippen molar-refractivity contribution in [1.29, 1.82) is 0 Å². The third-order valence-corrected chi connectivity index (χ3v) is 8.08. The Bertz CT molecular complexity index is 1540. The molecular formula is C30H27ClN2O8. The number of ether oxygens (including phenoxy) is 2. The Morgan fingerprint density at radius 3 is 2.39 bits per heavy atom. The fraction of sp³-hybridized carbons (Fsp3) is 0.267. The first kappa shape index (κ1) is 28.1. The highest BCUT2D eigenvalue weighted by Gasteiger charge is 2.69. The van der Waals surface area contributed by atoms with Crippen LogP contribution in [0, 0.1) is 18.8 Å². The standard InChI is InChI=1S/C30H27ClN2O8/c1-16-11-12-18(13-20(16)31)33-27(36)23-24(28(33)37)30(29(38)39,14-22(34)35)32-25(23)19-9-6-10-21(40-2)26(19)41-15-17-7-4-3-5-8-17/h3-13,23-25,32H,14-15H2,1-2H3,(H,34,35)(H,38,39). The second-order valence-corrected chi connectivity index (χ2v) is 10.5. The highest BCUT2D eigenvalue weighted by atomic mass is 35.5. The minimum atomic E-state index is -2.28. The molecule has 2 saturated heterocycles. The second-order valence-electron chi connectivity index (χ2n) is 10.1. The first-order chi connectivity index (χ1) is 19.6. The number of carbonyl (C=O) groups is 4. The topological polar surface area (TPSA) is 142 Å². The van der Waals surface area contributed by atoms with Crippen molar-refractivity contribution in [3.05, 3.63) is 88.4 Å².